The molecule has 2 aromatic carbocycles. The Morgan fingerprint density at radius 1 is 1.13 bits per heavy atom. The van der Waals surface area contributed by atoms with Crippen LogP contribution in [0.5, 0.6) is 5.75 Å². The topological polar surface area (TPSA) is 50.7 Å². The molecule has 4 nitrogen and oxygen atoms in total. The lowest BCUT2D eigenvalue weighted by molar-refractivity contribution is -0.123. The van der Waals surface area contributed by atoms with Crippen LogP contribution in [0.1, 0.15) is 29.2 Å². The Labute approximate surface area is 137 Å². The number of rotatable bonds is 6. The van der Waals surface area contributed by atoms with Crippen LogP contribution in [0.4, 0.5) is 0 Å². The summed E-state index contributed by atoms with van der Waals surface area (Å²) >= 11 is 0. The van der Waals surface area contributed by atoms with E-state index in [0.29, 0.717) is 0 Å². The van der Waals surface area contributed by atoms with Gasteiger partial charge in [0.15, 0.2) is 6.61 Å². The Morgan fingerprint density at radius 2 is 1.78 bits per heavy atom. The Bertz CT molecular complexity index is 671. The highest BCUT2D eigenvalue weighted by atomic mass is 16.5. The van der Waals surface area contributed by atoms with Crippen LogP contribution < -0.4 is 10.2 Å². The number of benzene rings is 2. The Balaban J connectivity index is 1.84. The Hall–Kier alpha value is -2.62. The molecule has 0 saturated carbocycles. The first-order valence-electron chi connectivity index (χ1n) is 7.70. The third-order valence-corrected chi connectivity index (χ3v) is 3.55. The van der Waals surface area contributed by atoms with Crippen LogP contribution >= 0.6 is 0 Å². The van der Waals surface area contributed by atoms with E-state index in [1.54, 1.807) is 6.21 Å². The van der Waals surface area contributed by atoms with Crippen molar-refractivity contribution in [3.8, 4) is 5.75 Å². The van der Waals surface area contributed by atoms with Crippen LogP contribution in [0.3, 0.4) is 0 Å². The monoisotopic (exact) mass is 310 g/mol. The zero-order valence-electron chi connectivity index (χ0n) is 13.8. The molecule has 0 aliphatic heterocycles. The molecule has 1 N–H and O–H groups in total. The lowest BCUT2D eigenvalue weighted by Gasteiger charge is -2.10. The van der Waals surface area contributed by atoms with Crippen LogP contribution in [0, 0.1) is 13.8 Å². The van der Waals surface area contributed by atoms with Gasteiger partial charge < -0.3 is 4.74 Å². The average Bonchev–Trinajstić information content (AvgIpc) is 2.55. The fourth-order valence-electron chi connectivity index (χ4n) is 2.22. The van der Waals surface area contributed by atoms with Crippen molar-refractivity contribution in [3.63, 3.8) is 0 Å². The SMILES string of the molecule is CCc1ccc(/C=N/NC(=O)COc2c(C)cccc2C)cc1. The fourth-order valence-corrected chi connectivity index (χ4v) is 2.22. The molecular formula is C19H22N2O2. The smallest absolute Gasteiger partial charge is 0.277 e. The predicted molar refractivity (Wildman–Crippen MR) is 93.0 cm³/mol. The molecule has 4 heteroatoms. The van der Waals surface area contributed by atoms with E-state index in [9.17, 15) is 4.79 Å². The van der Waals surface area contributed by atoms with E-state index in [-0.39, 0.29) is 12.5 Å². The quantitative estimate of drug-likeness (QED) is 0.657. The second kappa shape index (κ2) is 8.13. The molecule has 0 aliphatic carbocycles. The summed E-state index contributed by atoms with van der Waals surface area (Å²) in [5, 5.41) is 3.95. The summed E-state index contributed by atoms with van der Waals surface area (Å²) in [5.41, 5.74) is 6.71. The van der Waals surface area contributed by atoms with Crippen LogP contribution in [0.2, 0.25) is 0 Å². The lowest BCUT2D eigenvalue weighted by atomic mass is 10.1. The van der Waals surface area contributed by atoms with Crippen molar-refractivity contribution in [3.05, 3.63) is 64.7 Å². The van der Waals surface area contributed by atoms with E-state index in [1.807, 2.05) is 56.3 Å². The van der Waals surface area contributed by atoms with E-state index < -0.39 is 0 Å². The van der Waals surface area contributed by atoms with Gasteiger partial charge in [-0.25, -0.2) is 5.43 Å². The number of carbonyl (C=O) groups is 1. The first-order chi connectivity index (χ1) is 11.1. The molecule has 0 saturated heterocycles. The van der Waals surface area contributed by atoms with Crippen molar-refractivity contribution in [2.75, 3.05) is 6.61 Å². The number of hydrazone groups is 1. The maximum absolute atomic E-state index is 11.8. The first kappa shape index (κ1) is 16.7. The van der Waals surface area contributed by atoms with E-state index in [1.165, 1.54) is 5.56 Å². The molecule has 0 unspecified atom stereocenters. The molecule has 2 rings (SSSR count). The summed E-state index contributed by atoms with van der Waals surface area (Å²) < 4.78 is 5.58. The van der Waals surface area contributed by atoms with Crippen molar-refractivity contribution in [1.82, 2.24) is 5.43 Å². The largest absolute Gasteiger partial charge is 0.483 e. The highest BCUT2D eigenvalue weighted by molar-refractivity contribution is 5.82. The van der Waals surface area contributed by atoms with Crippen LogP contribution in [-0.2, 0) is 11.2 Å². The number of carbonyl (C=O) groups excluding carboxylic acids is 1. The second-order valence-electron chi connectivity index (χ2n) is 5.40. The zero-order valence-corrected chi connectivity index (χ0v) is 13.8. The molecule has 0 spiro atoms. The van der Waals surface area contributed by atoms with Gasteiger partial charge in [0.2, 0.25) is 0 Å². The van der Waals surface area contributed by atoms with E-state index in [4.69, 9.17) is 4.74 Å². The summed E-state index contributed by atoms with van der Waals surface area (Å²) in [5.74, 6) is 0.468. The maximum Gasteiger partial charge on any atom is 0.277 e. The first-order valence-corrected chi connectivity index (χ1v) is 7.70. The summed E-state index contributed by atoms with van der Waals surface area (Å²) in [7, 11) is 0. The molecule has 0 atom stereocenters. The average molecular weight is 310 g/mol. The molecular weight excluding hydrogens is 288 g/mol. The Kier molecular flexibility index (Phi) is 5.92. The molecule has 0 aliphatic rings. The van der Waals surface area contributed by atoms with Crippen LogP contribution in [0.25, 0.3) is 0 Å². The molecule has 0 radical (unpaired) electrons. The number of aryl methyl sites for hydroxylation is 3. The van der Waals surface area contributed by atoms with Gasteiger partial charge in [-0.3, -0.25) is 4.79 Å². The van der Waals surface area contributed by atoms with Crippen LogP contribution in [0.15, 0.2) is 47.6 Å². The van der Waals surface area contributed by atoms with Gasteiger partial charge in [-0.2, -0.15) is 5.10 Å². The van der Waals surface area contributed by atoms with Gasteiger partial charge in [-0.15, -0.1) is 0 Å². The number of hydrogen-bond donors (Lipinski definition) is 1. The van der Waals surface area contributed by atoms with Crippen molar-refractivity contribution in [1.29, 1.82) is 0 Å². The predicted octanol–water partition coefficient (Wildman–Crippen LogP) is 3.39. The van der Waals surface area contributed by atoms with Crippen LogP contribution in [-0.4, -0.2) is 18.7 Å². The maximum atomic E-state index is 11.8. The number of hydrogen-bond acceptors (Lipinski definition) is 3. The minimum absolute atomic E-state index is 0.0577. The second-order valence-corrected chi connectivity index (χ2v) is 5.40. The molecule has 120 valence electrons. The minimum atomic E-state index is -0.283. The van der Waals surface area contributed by atoms with Gasteiger partial charge in [0.05, 0.1) is 6.21 Å². The van der Waals surface area contributed by atoms with Gasteiger partial charge in [0.1, 0.15) is 5.75 Å². The number of ether oxygens (including phenoxy) is 1. The van der Waals surface area contributed by atoms with Crippen molar-refractivity contribution < 1.29 is 9.53 Å². The normalized spacial score (nSPS) is 10.7. The van der Waals surface area contributed by atoms with Gasteiger partial charge in [0, 0.05) is 0 Å². The summed E-state index contributed by atoms with van der Waals surface area (Å²) in [4.78, 5) is 11.8. The number of nitrogens with zero attached hydrogens (tertiary/aromatic N) is 1. The molecule has 0 heterocycles. The van der Waals surface area contributed by atoms with Gasteiger partial charge in [-0.1, -0.05) is 49.4 Å². The standard InChI is InChI=1S/C19H22N2O2/c1-4-16-8-10-17(11-9-16)12-20-21-18(22)13-23-19-14(2)6-5-7-15(19)3/h5-12H,4,13H2,1-3H3,(H,21,22)/b20-12+. The molecule has 0 bridgehead atoms. The molecule has 1 amide bonds. The van der Waals surface area contributed by atoms with E-state index in [2.05, 4.69) is 17.5 Å². The van der Waals surface area contributed by atoms with Crippen molar-refractivity contribution >= 4 is 12.1 Å². The van der Waals surface area contributed by atoms with E-state index >= 15 is 0 Å². The highest BCUT2D eigenvalue weighted by Gasteiger charge is 2.06. The summed E-state index contributed by atoms with van der Waals surface area (Å²) in [6.45, 7) is 5.97. The number of para-hydroxylation sites is 1. The minimum Gasteiger partial charge on any atom is -0.483 e. The fraction of sp³-hybridized carbons (Fsp3) is 0.263. The lowest BCUT2D eigenvalue weighted by Crippen LogP contribution is -2.25. The molecule has 0 aromatic heterocycles. The summed E-state index contributed by atoms with van der Waals surface area (Å²) in [6, 6.07) is 13.9. The van der Waals surface area contributed by atoms with Gasteiger partial charge in [-0.05, 0) is 42.5 Å². The third-order valence-electron chi connectivity index (χ3n) is 3.55. The van der Waals surface area contributed by atoms with Crippen molar-refractivity contribution in [2.24, 2.45) is 5.10 Å². The zero-order chi connectivity index (χ0) is 16.7. The van der Waals surface area contributed by atoms with E-state index in [0.717, 1.165) is 28.9 Å². The molecule has 0 fully saturated rings. The highest BCUT2D eigenvalue weighted by Crippen LogP contribution is 2.21. The molecule has 2 aromatic rings. The number of nitrogens with one attached hydrogen (secondary N) is 1. The molecule has 23 heavy (non-hydrogen) atoms. The number of amides is 1. The van der Waals surface area contributed by atoms with Crippen molar-refractivity contribution in [2.45, 2.75) is 27.2 Å². The van der Waals surface area contributed by atoms with Gasteiger partial charge in [0.25, 0.3) is 5.91 Å². The third kappa shape index (κ3) is 4.95. The van der Waals surface area contributed by atoms with Gasteiger partial charge >= 0.3 is 0 Å². The Morgan fingerprint density at radius 3 is 2.39 bits per heavy atom. The summed E-state index contributed by atoms with van der Waals surface area (Å²) in [6.07, 6.45) is 2.63.